The molecule has 0 aliphatic carbocycles. The van der Waals surface area contributed by atoms with Gasteiger partial charge in [0, 0.05) is 18.5 Å². The first-order valence-electron chi connectivity index (χ1n) is 5.91. The Kier molecular flexibility index (Phi) is 4.64. The van der Waals surface area contributed by atoms with Crippen LogP contribution in [0.4, 0.5) is 0 Å². The first-order valence-corrected chi connectivity index (χ1v) is 8.61. The highest BCUT2D eigenvalue weighted by molar-refractivity contribution is 7.89. The van der Waals surface area contributed by atoms with Crippen LogP contribution in [0.1, 0.15) is 16.1 Å². The van der Waals surface area contributed by atoms with Gasteiger partial charge in [-0.2, -0.15) is 9.57 Å². The van der Waals surface area contributed by atoms with Crippen molar-refractivity contribution in [2.45, 2.75) is 18.4 Å². The van der Waals surface area contributed by atoms with Crippen LogP contribution < -0.4 is 0 Å². The summed E-state index contributed by atoms with van der Waals surface area (Å²) in [7, 11) is -2.16. The molecule has 1 aromatic carbocycles. The monoisotopic (exact) mass is 341 g/mol. The van der Waals surface area contributed by atoms with E-state index in [1.807, 2.05) is 13.0 Å². The molecule has 0 unspecified atom stereocenters. The van der Waals surface area contributed by atoms with Gasteiger partial charge in [-0.15, -0.1) is 11.3 Å². The summed E-state index contributed by atoms with van der Waals surface area (Å²) in [5.74, 6) is 0. The van der Waals surface area contributed by atoms with E-state index in [-0.39, 0.29) is 22.0 Å². The predicted molar refractivity (Wildman–Crippen MR) is 81.7 cm³/mol. The average molecular weight is 342 g/mol. The second-order valence-electron chi connectivity index (χ2n) is 4.38. The van der Waals surface area contributed by atoms with Gasteiger partial charge in [0.05, 0.1) is 26.7 Å². The third kappa shape index (κ3) is 3.24. The Hall–Kier alpha value is -1.46. The van der Waals surface area contributed by atoms with Crippen molar-refractivity contribution in [2.75, 3.05) is 7.05 Å². The zero-order chi connectivity index (χ0) is 15.6. The van der Waals surface area contributed by atoms with E-state index < -0.39 is 10.0 Å². The van der Waals surface area contributed by atoms with E-state index in [4.69, 9.17) is 16.9 Å². The van der Waals surface area contributed by atoms with E-state index >= 15 is 0 Å². The topological polar surface area (TPSA) is 74.1 Å². The lowest BCUT2D eigenvalue weighted by atomic mass is 10.2. The molecule has 0 saturated heterocycles. The molecule has 8 heteroatoms. The summed E-state index contributed by atoms with van der Waals surface area (Å²) >= 11 is 7.31. The number of aryl methyl sites for hydroxylation is 1. The lowest BCUT2D eigenvalue weighted by Gasteiger charge is -2.17. The fraction of sp³-hybridized carbons (Fsp3) is 0.231. The van der Waals surface area contributed by atoms with E-state index in [0.29, 0.717) is 0 Å². The first kappa shape index (κ1) is 15.9. The lowest BCUT2D eigenvalue weighted by molar-refractivity contribution is 0.468. The second-order valence-corrected chi connectivity index (χ2v) is 7.77. The fourth-order valence-electron chi connectivity index (χ4n) is 1.69. The highest BCUT2D eigenvalue weighted by Gasteiger charge is 2.23. The van der Waals surface area contributed by atoms with E-state index in [9.17, 15) is 8.42 Å². The fourth-order valence-corrected chi connectivity index (χ4v) is 4.06. The zero-order valence-electron chi connectivity index (χ0n) is 11.4. The van der Waals surface area contributed by atoms with Crippen LogP contribution in [0.5, 0.6) is 0 Å². The van der Waals surface area contributed by atoms with Gasteiger partial charge in [-0.05, 0) is 25.1 Å². The zero-order valence-corrected chi connectivity index (χ0v) is 13.8. The lowest BCUT2D eigenvalue weighted by Crippen LogP contribution is -2.26. The second kappa shape index (κ2) is 6.12. The summed E-state index contributed by atoms with van der Waals surface area (Å²) in [6, 6.07) is 5.99. The minimum Gasteiger partial charge on any atom is -0.250 e. The number of sulfonamides is 1. The molecule has 0 N–H and O–H groups in total. The molecule has 0 aliphatic rings. The maximum absolute atomic E-state index is 12.5. The molecule has 0 spiro atoms. The van der Waals surface area contributed by atoms with Crippen LogP contribution in [-0.2, 0) is 16.6 Å². The standard InChI is InChI=1S/C13H12ClN3O2S2/c1-9-13(20-8-16-9)7-17(2)21(18,19)11-4-3-10(6-15)12(14)5-11/h3-5,8H,7H2,1-2H3. The van der Waals surface area contributed by atoms with Gasteiger partial charge in [-0.3, -0.25) is 0 Å². The van der Waals surface area contributed by atoms with E-state index in [2.05, 4.69) is 4.98 Å². The Bertz CT molecular complexity index is 809. The third-order valence-corrected chi connectivity index (χ3v) is 6.01. The minimum atomic E-state index is -3.66. The molecule has 1 aromatic heterocycles. The van der Waals surface area contributed by atoms with Crippen LogP contribution in [0.2, 0.25) is 5.02 Å². The van der Waals surface area contributed by atoms with Crippen LogP contribution in [0.3, 0.4) is 0 Å². The molecular formula is C13H12ClN3O2S2. The molecule has 21 heavy (non-hydrogen) atoms. The molecule has 0 fully saturated rings. The van der Waals surface area contributed by atoms with Crippen molar-refractivity contribution in [3.05, 3.63) is 44.9 Å². The number of rotatable bonds is 4. The quantitative estimate of drug-likeness (QED) is 0.857. The molecular weight excluding hydrogens is 330 g/mol. The van der Waals surface area contributed by atoms with Crippen molar-refractivity contribution in [3.63, 3.8) is 0 Å². The third-order valence-electron chi connectivity index (χ3n) is 2.98. The molecule has 2 rings (SSSR count). The smallest absolute Gasteiger partial charge is 0.243 e. The summed E-state index contributed by atoms with van der Waals surface area (Å²) in [5, 5.41) is 8.95. The molecule has 5 nitrogen and oxygen atoms in total. The SMILES string of the molecule is Cc1ncsc1CN(C)S(=O)(=O)c1ccc(C#N)c(Cl)c1. The predicted octanol–water partition coefficient (Wildman–Crippen LogP) is 2.80. The normalized spacial score (nSPS) is 11.6. The summed E-state index contributed by atoms with van der Waals surface area (Å²) in [4.78, 5) is 5.06. The van der Waals surface area contributed by atoms with Gasteiger partial charge in [0.25, 0.3) is 0 Å². The van der Waals surface area contributed by atoms with Crippen LogP contribution in [0.15, 0.2) is 28.6 Å². The number of hydrogen-bond donors (Lipinski definition) is 0. The minimum absolute atomic E-state index is 0.0659. The Morgan fingerprint density at radius 1 is 1.48 bits per heavy atom. The molecule has 0 bridgehead atoms. The maximum Gasteiger partial charge on any atom is 0.243 e. The molecule has 2 aromatic rings. The molecule has 0 saturated carbocycles. The van der Waals surface area contributed by atoms with Crippen molar-refractivity contribution in [2.24, 2.45) is 0 Å². The number of aromatic nitrogens is 1. The van der Waals surface area contributed by atoms with E-state index in [0.717, 1.165) is 10.6 Å². The van der Waals surface area contributed by atoms with Crippen LogP contribution >= 0.6 is 22.9 Å². The summed E-state index contributed by atoms with van der Waals surface area (Å²) in [6.07, 6.45) is 0. The Morgan fingerprint density at radius 2 is 2.19 bits per heavy atom. The number of hydrogen-bond acceptors (Lipinski definition) is 5. The molecule has 0 atom stereocenters. The highest BCUT2D eigenvalue weighted by Crippen LogP contribution is 2.24. The Morgan fingerprint density at radius 3 is 2.71 bits per heavy atom. The summed E-state index contributed by atoms with van der Waals surface area (Å²) in [6.45, 7) is 2.08. The molecule has 110 valence electrons. The molecule has 1 heterocycles. The van der Waals surface area contributed by atoms with Crippen molar-refractivity contribution in [1.82, 2.24) is 9.29 Å². The van der Waals surface area contributed by atoms with Crippen molar-refractivity contribution < 1.29 is 8.42 Å². The van der Waals surface area contributed by atoms with E-state index in [1.165, 1.54) is 40.9 Å². The first-order chi connectivity index (χ1) is 9.86. The van der Waals surface area contributed by atoms with Crippen molar-refractivity contribution >= 4 is 33.0 Å². The van der Waals surface area contributed by atoms with Gasteiger partial charge in [-0.25, -0.2) is 13.4 Å². The van der Waals surface area contributed by atoms with Crippen LogP contribution in [0, 0.1) is 18.3 Å². The molecule has 0 radical (unpaired) electrons. The van der Waals surface area contributed by atoms with Crippen molar-refractivity contribution in [1.29, 1.82) is 5.26 Å². The van der Waals surface area contributed by atoms with Crippen LogP contribution in [-0.4, -0.2) is 24.8 Å². The Labute approximate surface area is 132 Å². The maximum atomic E-state index is 12.5. The summed E-state index contributed by atoms with van der Waals surface area (Å²) in [5.41, 5.74) is 2.75. The largest absolute Gasteiger partial charge is 0.250 e. The number of halogens is 1. The molecule has 0 amide bonds. The van der Waals surface area contributed by atoms with Gasteiger partial charge in [0.1, 0.15) is 6.07 Å². The van der Waals surface area contributed by atoms with Gasteiger partial charge < -0.3 is 0 Å². The average Bonchev–Trinajstić information content (AvgIpc) is 2.84. The number of benzene rings is 1. The summed E-state index contributed by atoms with van der Waals surface area (Å²) < 4.78 is 26.2. The number of nitrogens with zero attached hydrogens (tertiary/aromatic N) is 3. The Balaban J connectivity index is 2.31. The van der Waals surface area contributed by atoms with Gasteiger partial charge >= 0.3 is 0 Å². The number of nitriles is 1. The van der Waals surface area contributed by atoms with Crippen LogP contribution in [0.25, 0.3) is 0 Å². The highest BCUT2D eigenvalue weighted by atomic mass is 35.5. The van der Waals surface area contributed by atoms with E-state index in [1.54, 1.807) is 5.51 Å². The number of thiazole rings is 1. The van der Waals surface area contributed by atoms with Crippen molar-refractivity contribution in [3.8, 4) is 6.07 Å². The van der Waals surface area contributed by atoms with Gasteiger partial charge in [-0.1, -0.05) is 11.6 Å². The van der Waals surface area contributed by atoms with Gasteiger partial charge in [0.15, 0.2) is 0 Å². The molecule has 0 aliphatic heterocycles. The van der Waals surface area contributed by atoms with Gasteiger partial charge in [0.2, 0.25) is 10.0 Å².